The Bertz CT molecular complexity index is 789. The van der Waals surface area contributed by atoms with Gasteiger partial charge < -0.3 is 5.32 Å². The standard InChI is InChI=1S/C19H25N3O2/c1-13(2)11-18(23)20-12-17-15-9-5-6-10-16(15)19(24)22(21-17)14-7-3-4-8-14/h5-6,9-10,13-14H,3-4,7-8,11-12H2,1-2H3,(H,20,23). The number of carbonyl (C=O) groups is 1. The van der Waals surface area contributed by atoms with Crippen LogP contribution in [0.2, 0.25) is 0 Å². The Balaban J connectivity index is 1.95. The van der Waals surface area contributed by atoms with Gasteiger partial charge in [-0.25, -0.2) is 4.68 Å². The Kier molecular flexibility index (Phi) is 4.97. The highest BCUT2D eigenvalue weighted by Crippen LogP contribution is 2.28. The minimum atomic E-state index is -0.0187. The second-order valence-corrected chi connectivity index (χ2v) is 7.05. The molecule has 2 aromatic rings. The van der Waals surface area contributed by atoms with Crippen LogP contribution in [0.1, 0.15) is 57.7 Å². The first-order valence-electron chi connectivity index (χ1n) is 8.83. The lowest BCUT2D eigenvalue weighted by Gasteiger charge is -2.16. The molecular formula is C19H25N3O2. The predicted molar refractivity (Wildman–Crippen MR) is 94.8 cm³/mol. The van der Waals surface area contributed by atoms with Crippen molar-refractivity contribution in [3.63, 3.8) is 0 Å². The van der Waals surface area contributed by atoms with Gasteiger partial charge in [0, 0.05) is 11.8 Å². The number of hydrogen-bond donors (Lipinski definition) is 1. The summed E-state index contributed by atoms with van der Waals surface area (Å²) in [6, 6.07) is 7.73. The van der Waals surface area contributed by atoms with Gasteiger partial charge in [0.1, 0.15) is 0 Å². The summed E-state index contributed by atoms with van der Waals surface area (Å²) >= 11 is 0. The average Bonchev–Trinajstić information content (AvgIpc) is 3.08. The van der Waals surface area contributed by atoms with Crippen LogP contribution < -0.4 is 10.9 Å². The van der Waals surface area contributed by atoms with Crippen molar-refractivity contribution in [1.29, 1.82) is 0 Å². The van der Waals surface area contributed by atoms with E-state index in [0.29, 0.717) is 24.3 Å². The fraction of sp³-hybridized carbons (Fsp3) is 0.526. The molecule has 1 fully saturated rings. The number of amides is 1. The van der Waals surface area contributed by atoms with Crippen LogP contribution >= 0.6 is 0 Å². The number of fused-ring (bicyclic) bond motifs is 1. The van der Waals surface area contributed by atoms with Gasteiger partial charge in [0.25, 0.3) is 5.56 Å². The quantitative estimate of drug-likeness (QED) is 0.917. The number of nitrogens with one attached hydrogen (secondary N) is 1. The fourth-order valence-corrected chi connectivity index (χ4v) is 3.43. The molecule has 0 radical (unpaired) electrons. The van der Waals surface area contributed by atoms with E-state index in [9.17, 15) is 9.59 Å². The van der Waals surface area contributed by atoms with Gasteiger partial charge in [-0.1, -0.05) is 44.9 Å². The highest BCUT2D eigenvalue weighted by molar-refractivity contribution is 5.84. The summed E-state index contributed by atoms with van der Waals surface area (Å²) in [5.41, 5.74) is 0.754. The second-order valence-electron chi connectivity index (χ2n) is 7.05. The molecular weight excluding hydrogens is 302 g/mol. The number of nitrogens with zero attached hydrogens (tertiary/aromatic N) is 2. The number of benzene rings is 1. The topological polar surface area (TPSA) is 64.0 Å². The molecule has 1 amide bonds. The largest absolute Gasteiger partial charge is 0.350 e. The Labute approximate surface area is 142 Å². The maximum Gasteiger partial charge on any atom is 0.274 e. The van der Waals surface area contributed by atoms with E-state index in [1.165, 1.54) is 0 Å². The van der Waals surface area contributed by atoms with Crippen LogP contribution in [0.3, 0.4) is 0 Å². The van der Waals surface area contributed by atoms with Crippen molar-refractivity contribution in [2.45, 2.75) is 58.5 Å². The number of hydrogen-bond acceptors (Lipinski definition) is 3. The maximum absolute atomic E-state index is 12.8. The molecule has 3 rings (SSSR count). The van der Waals surface area contributed by atoms with Gasteiger partial charge in [0.15, 0.2) is 0 Å². The van der Waals surface area contributed by atoms with Gasteiger partial charge in [-0.3, -0.25) is 9.59 Å². The average molecular weight is 327 g/mol. The van der Waals surface area contributed by atoms with E-state index in [1.807, 2.05) is 38.1 Å². The van der Waals surface area contributed by atoms with Crippen LogP contribution in [-0.4, -0.2) is 15.7 Å². The zero-order valence-corrected chi connectivity index (χ0v) is 14.4. The smallest absolute Gasteiger partial charge is 0.274 e. The van der Waals surface area contributed by atoms with Gasteiger partial charge in [0.05, 0.1) is 23.7 Å². The Morgan fingerprint density at radius 1 is 1.25 bits per heavy atom. The number of rotatable bonds is 5. The molecule has 128 valence electrons. The summed E-state index contributed by atoms with van der Waals surface area (Å²) in [6.07, 6.45) is 4.80. The minimum absolute atomic E-state index is 0.0187. The molecule has 1 aromatic carbocycles. The van der Waals surface area contributed by atoms with Crippen LogP contribution in [0, 0.1) is 5.92 Å². The highest BCUT2D eigenvalue weighted by Gasteiger charge is 2.21. The van der Waals surface area contributed by atoms with Crippen molar-refractivity contribution in [3.05, 3.63) is 40.3 Å². The molecule has 0 aliphatic heterocycles. The molecule has 0 unspecified atom stereocenters. The van der Waals surface area contributed by atoms with Crippen LogP contribution in [0.15, 0.2) is 29.1 Å². The van der Waals surface area contributed by atoms with E-state index < -0.39 is 0 Å². The van der Waals surface area contributed by atoms with Gasteiger partial charge in [0.2, 0.25) is 5.91 Å². The lowest BCUT2D eigenvalue weighted by atomic mass is 10.1. The first-order valence-corrected chi connectivity index (χ1v) is 8.83. The van der Waals surface area contributed by atoms with Gasteiger partial charge in [-0.2, -0.15) is 5.10 Å². The molecule has 5 nitrogen and oxygen atoms in total. The van der Waals surface area contributed by atoms with E-state index in [2.05, 4.69) is 10.4 Å². The first kappa shape index (κ1) is 16.7. The predicted octanol–water partition coefficient (Wildman–Crippen LogP) is 3.17. The summed E-state index contributed by atoms with van der Waals surface area (Å²) < 4.78 is 1.65. The minimum Gasteiger partial charge on any atom is -0.350 e. The number of aromatic nitrogens is 2. The van der Waals surface area contributed by atoms with Crippen molar-refractivity contribution < 1.29 is 4.79 Å². The molecule has 0 atom stereocenters. The zero-order valence-electron chi connectivity index (χ0n) is 14.4. The highest BCUT2D eigenvalue weighted by atomic mass is 16.1. The van der Waals surface area contributed by atoms with Gasteiger partial charge in [-0.05, 0) is 24.8 Å². The third kappa shape index (κ3) is 3.50. The Morgan fingerprint density at radius 3 is 2.58 bits per heavy atom. The Hall–Kier alpha value is -2.17. The summed E-state index contributed by atoms with van der Waals surface area (Å²) in [4.78, 5) is 24.7. The third-order valence-corrected chi connectivity index (χ3v) is 4.62. The molecule has 5 heteroatoms. The van der Waals surface area contributed by atoms with Gasteiger partial charge >= 0.3 is 0 Å². The summed E-state index contributed by atoms with van der Waals surface area (Å²) in [5, 5.41) is 9.09. The normalized spacial score (nSPS) is 15.3. The van der Waals surface area contributed by atoms with Crippen molar-refractivity contribution in [2.75, 3.05) is 0 Å². The maximum atomic E-state index is 12.8. The molecule has 1 aliphatic carbocycles. The molecule has 0 saturated heterocycles. The van der Waals surface area contributed by atoms with Crippen LogP contribution in [0.4, 0.5) is 0 Å². The zero-order chi connectivity index (χ0) is 17.1. The van der Waals surface area contributed by atoms with Crippen LogP contribution in [0.5, 0.6) is 0 Å². The fourth-order valence-electron chi connectivity index (χ4n) is 3.43. The molecule has 0 spiro atoms. The first-order chi connectivity index (χ1) is 11.6. The van der Waals surface area contributed by atoms with E-state index in [0.717, 1.165) is 36.8 Å². The van der Waals surface area contributed by atoms with Crippen molar-refractivity contribution in [1.82, 2.24) is 15.1 Å². The van der Waals surface area contributed by atoms with Crippen molar-refractivity contribution in [2.24, 2.45) is 5.92 Å². The third-order valence-electron chi connectivity index (χ3n) is 4.62. The number of carbonyl (C=O) groups excluding carboxylic acids is 1. The second kappa shape index (κ2) is 7.16. The molecule has 1 aromatic heterocycles. The molecule has 0 bridgehead atoms. The van der Waals surface area contributed by atoms with E-state index in [1.54, 1.807) is 4.68 Å². The van der Waals surface area contributed by atoms with E-state index >= 15 is 0 Å². The van der Waals surface area contributed by atoms with Crippen LogP contribution in [-0.2, 0) is 11.3 Å². The molecule has 1 saturated carbocycles. The summed E-state index contributed by atoms with van der Waals surface area (Å²) in [7, 11) is 0. The summed E-state index contributed by atoms with van der Waals surface area (Å²) in [5.74, 6) is 0.344. The SMILES string of the molecule is CC(C)CC(=O)NCc1nn(C2CCCC2)c(=O)c2ccccc12. The van der Waals surface area contributed by atoms with E-state index in [-0.39, 0.29) is 17.5 Å². The van der Waals surface area contributed by atoms with Crippen LogP contribution in [0.25, 0.3) is 10.8 Å². The lowest BCUT2D eigenvalue weighted by molar-refractivity contribution is -0.121. The Morgan fingerprint density at radius 2 is 1.92 bits per heavy atom. The van der Waals surface area contributed by atoms with E-state index in [4.69, 9.17) is 0 Å². The molecule has 24 heavy (non-hydrogen) atoms. The monoisotopic (exact) mass is 327 g/mol. The van der Waals surface area contributed by atoms with Gasteiger partial charge in [-0.15, -0.1) is 0 Å². The molecule has 1 heterocycles. The molecule has 1 aliphatic rings. The summed E-state index contributed by atoms with van der Waals surface area (Å²) in [6.45, 7) is 4.40. The van der Waals surface area contributed by atoms with Crippen molar-refractivity contribution >= 4 is 16.7 Å². The van der Waals surface area contributed by atoms with Crippen molar-refractivity contribution in [3.8, 4) is 0 Å². The molecule has 1 N–H and O–H groups in total. The lowest BCUT2D eigenvalue weighted by Crippen LogP contribution is -2.30.